The van der Waals surface area contributed by atoms with Crippen LogP contribution in [-0.4, -0.2) is 12.5 Å². The van der Waals surface area contributed by atoms with E-state index >= 15 is 0 Å². The molecule has 0 saturated heterocycles. The fourth-order valence-electron chi connectivity index (χ4n) is 4.35. The van der Waals surface area contributed by atoms with Crippen LogP contribution < -0.4 is 4.74 Å². The monoisotopic (exact) mass is 410 g/mol. The molecule has 1 aliphatic rings. The van der Waals surface area contributed by atoms with Gasteiger partial charge < -0.3 is 4.74 Å². The summed E-state index contributed by atoms with van der Waals surface area (Å²) in [5.41, 5.74) is 0.637. The lowest BCUT2D eigenvalue weighted by atomic mass is 9.76. The molecular weight excluding hydrogens is 373 g/mol. The molecule has 1 fully saturated rings. The van der Waals surface area contributed by atoms with Crippen LogP contribution in [0.4, 0.5) is 13.2 Å². The van der Waals surface area contributed by atoms with Gasteiger partial charge in [0.05, 0.1) is 6.61 Å². The fraction of sp³-hybridized carbons (Fsp3) is 0.680. The molecule has 2 rings (SSSR count). The Balaban J connectivity index is 1.66. The van der Waals surface area contributed by atoms with Crippen molar-refractivity contribution in [3.05, 3.63) is 36.2 Å². The maximum Gasteiger partial charge on any atom is 0.254 e. The largest absolute Gasteiger partial charge is 0.490 e. The average molecular weight is 411 g/mol. The van der Waals surface area contributed by atoms with E-state index < -0.39 is 17.7 Å². The highest BCUT2D eigenvalue weighted by molar-refractivity contribution is 5.48. The summed E-state index contributed by atoms with van der Waals surface area (Å²) in [7, 11) is 0. The summed E-state index contributed by atoms with van der Waals surface area (Å²) in [6, 6.07) is 4.43. The van der Waals surface area contributed by atoms with Gasteiger partial charge in [-0.05, 0) is 49.3 Å². The third-order valence-electron chi connectivity index (χ3n) is 6.29. The topological polar surface area (TPSA) is 9.23 Å². The minimum Gasteiger partial charge on any atom is -0.490 e. The molecule has 0 heterocycles. The molecule has 4 heteroatoms. The standard InChI is InChI=1S/C25H37F3O/c1-3-5-6-7-8-9-10-21-11-14-22(15-12-21)25(27,28)17-18-29-24-16-13-20(4-2)19-23(24)26/h4,13,16,19,21-22H,2-3,5-12,14-15,17-18H2,1H3. The molecule has 0 bridgehead atoms. The lowest BCUT2D eigenvalue weighted by molar-refractivity contribution is -0.0883. The van der Waals surface area contributed by atoms with E-state index in [2.05, 4.69) is 13.5 Å². The second-order valence-corrected chi connectivity index (χ2v) is 8.53. The third kappa shape index (κ3) is 8.06. The Hall–Kier alpha value is -1.45. The second kappa shape index (κ2) is 12.3. The lowest BCUT2D eigenvalue weighted by Crippen LogP contribution is -2.33. The number of benzene rings is 1. The first kappa shape index (κ1) is 23.8. The third-order valence-corrected chi connectivity index (χ3v) is 6.29. The van der Waals surface area contributed by atoms with E-state index in [1.807, 2.05) is 0 Å². The minimum atomic E-state index is -2.75. The van der Waals surface area contributed by atoms with Crippen LogP contribution in [0, 0.1) is 17.7 Å². The van der Waals surface area contributed by atoms with E-state index in [1.165, 1.54) is 63.2 Å². The highest BCUT2D eigenvalue weighted by Crippen LogP contribution is 2.42. The van der Waals surface area contributed by atoms with Crippen LogP contribution >= 0.6 is 0 Å². The van der Waals surface area contributed by atoms with Crippen LogP contribution in [0.1, 0.15) is 89.5 Å². The summed E-state index contributed by atoms with van der Waals surface area (Å²) in [6.45, 7) is 5.63. The number of ether oxygens (including phenoxy) is 1. The van der Waals surface area contributed by atoms with Gasteiger partial charge in [-0.2, -0.15) is 0 Å². The van der Waals surface area contributed by atoms with Crippen molar-refractivity contribution in [2.75, 3.05) is 6.61 Å². The van der Waals surface area contributed by atoms with Crippen molar-refractivity contribution < 1.29 is 17.9 Å². The van der Waals surface area contributed by atoms with Crippen molar-refractivity contribution in [2.45, 2.75) is 89.9 Å². The van der Waals surface area contributed by atoms with Crippen molar-refractivity contribution in [3.63, 3.8) is 0 Å². The van der Waals surface area contributed by atoms with E-state index in [9.17, 15) is 13.2 Å². The van der Waals surface area contributed by atoms with Crippen LogP contribution in [0.2, 0.25) is 0 Å². The van der Waals surface area contributed by atoms with Gasteiger partial charge in [0.15, 0.2) is 11.6 Å². The summed E-state index contributed by atoms with van der Waals surface area (Å²) < 4.78 is 48.4. The number of alkyl halides is 2. The highest BCUT2D eigenvalue weighted by Gasteiger charge is 2.41. The molecule has 0 spiro atoms. The summed E-state index contributed by atoms with van der Waals surface area (Å²) >= 11 is 0. The van der Waals surface area contributed by atoms with Crippen molar-refractivity contribution in [1.29, 1.82) is 0 Å². The summed E-state index contributed by atoms with van der Waals surface area (Å²) in [5.74, 6) is -3.22. The van der Waals surface area contributed by atoms with Gasteiger partial charge in [0.25, 0.3) is 5.92 Å². The zero-order chi connectivity index (χ0) is 21.1. The first-order valence-electron chi connectivity index (χ1n) is 11.4. The number of hydrogen-bond donors (Lipinski definition) is 0. The molecule has 0 aliphatic heterocycles. The lowest BCUT2D eigenvalue weighted by Gasteiger charge is -2.33. The smallest absolute Gasteiger partial charge is 0.254 e. The second-order valence-electron chi connectivity index (χ2n) is 8.53. The van der Waals surface area contributed by atoms with E-state index in [4.69, 9.17) is 4.74 Å². The average Bonchev–Trinajstić information content (AvgIpc) is 2.72. The minimum absolute atomic E-state index is 0.0223. The molecule has 0 radical (unpaired) electrons. The van der Waals surface area contributed by atoms with Gasteiger partial charge in [0.1, 0.15) is 0 Å². The Labute approximate surface area is 174 Å². The van der Waals surface area contributed by atoms with E-state index in [1.54, 1.807) is 6.07 Å². The van der Waals surface area contributed by atoms with Crippen molar-refractivity contribution >= 4 is 6.08 Å². The zero-order valence-electron chi connectivity index (χ0n) is 17.9. The maximum absolute atomic E-state index is 14.6. The molecule has 0 amide bonds. The van der Waals surface area contributed by atoms with E-state index in [0.29, 0.717) is 24.3 Å². The van der Waals surface area contributed by atoms with Gasteiger partial charge >= 0.3 is 0 Å². The number of rotatable bonds is 13. The fourth-order valence-corrected chi connectivity index (χ4v) is 4.35. The summed E-state index contributed by atoms with van der Waals surface area (Å²) in [6.07, 6.45) is 13.1. The molecule has 0 N–H and O–H groups in total. The van der Waals surface area contributed by atoms with Crippen LogP contribution in [0.25, 0.3) is 6.08 Å². The predicted octanol–water partition coefficient (Wildman–Crippen LogP) is 8.43. The van der Waals surface area contributed by atoms with Crippen molar-refractivity contribution in [1.82, 2.24) is 0 Å². The van der Waals surface area contributed by atoms with Gasteiger partial charge in [-0.25, -0.2) is 13.2 Å². The number of hydrogen-bond acceptors (Lipinski definition) is 1. The van der Waals surface area contributed by atoms with Crippen molar-refractivity contribution in [2.24, 2.45) is 11.8 Å². The molecule has 0 aromatic heterocycles. The molecule has 1 aromatic carbocycles. The maximum atomic E-state index is 14.6. The summed E-state index contributed by atoms with van der Waals surface area (Å²) in [4.78, 5) is 0. The molecular formula is C25H37F3O. The molecule has 1 aromatic rings. The SMILES string of the molecule is C=Cc1ccc(OCCC(F)(F)C2CCC(CCCCCCCC)CC2)c(F)c1. The Morgan fingerprint density at radius 3 is 2.41 bits per heavy atom. The van der Waals surface area contributed by atoms with E-state index in [0.717, 1.165) is 12.8 Å². The Kier molecular flexibility index (Phi) is 10.1. The van der Waals surface area contributed by atoms with Gasteiger partial charge in [-0.15, -0.1) is 0 Å². The van der Waals surface area contributed by atoms with Gasteiger partial charge in [-0.1, -0.05) is 70.6 Å². The molecule has 0 atom stereocenters. The molecule has 0 unspecified atom stereocenters. The first-order chi connectivity index (χ1) is 14.0. The number of halogens is 3. The molecule has 164 valence electrons. The Bertz CT molecular complexity index is 606. The number of unbranched alkanes of at least 4 members (excludes halogenated alkanes) is 5. The summed E-state index contributed by atoms with van der Waals surface area (Å²) in [5, 5.41) is 0. The van der Waals surface area contributed by atoms with Crippen molar-refractivity contribution in [3.8, 4) is 5.75 Å². The van der Waals surface area contributed by atoms with Crippen LogP contribution in [0.5, 0.6) is 5.75 Å². The van der Waals surface area contributed by atoms with E-state index in [-0.39, 0.29) is 18.8 Å². The normalized spacial score (nSPS) is 19.9. The van der Waals surface area contributed by atoms with Crippen LogP contribution in [0.15, 0.2) is 24.8 Å². The predicted molar refractivity (Wildman–Crippen MR) is 115 cm³/mol. The molecule has 29 heavy (non-hydrogen) atoms. The van der Waals surface area contributed by atoms with Gasteiger partial charge in [0.2, 0.25) is 0 Å². The molecule has 1 saturated carbocycles. The highest BCUT2D eigenvalue weighted by atomic mass is 19.3. The quantitative estimate of drug-likeness (QED) is 0.296. The van der Waals surface area contributed by atoms with Gasteiger partial charge in [0, 0.05) is 12.3 Å². The molecule has 1 nitrogen and oxygen atoms in total. The first-order valence-corrected chi connectivity index (χ1v) is 11.4. The van der Waals surface area contributed by atoms with Crippen LogP contribution in [0.3, 0.4) is 0 Å². The van der Waals surface area contributed by atoms with Crippen LogP contribution in [-0.2, 0) is 0 Å². The zero-order valence-corrected chi connectivity index (χ0v) is 17.9. The Morgan fingerprint density at radius 1 is 1.07 bits per heavy atom. The van der Waals surface area contributed by atoms with Gasteiger partial charge in [-0.3, -0.25) is 0 Å². The molecule has 1 aliphatic carbocycles. The Morgan fingerprint density at radius 2 is 1.76 bits per heavy atom.